The van der Waals surface area contributed by atoms with Crippen LogP contribution in [0.25, 0.3) is 0 Å². The molecule has 0 aliphatic heterocycles. The van der Waals surface area contributed by atoms with E-state index in [1.54, 1.807) is 44.2 Å². The molecule has 0 aliphatic rings. The van der Waals surface area contributed by atoms with E-state index in [-0.39, 0.29) is 10.7 Å². The van der Waals surface area contributed by atoms with Crippen molar-refractivity contribution in [3.05, 3.63) is 59.5 Å². The molecule has 0 spiro atoms. The van der Waals surface area contributed by atoms with Crippen molar-refractivity contribution in [2.45, 2.75) is 18.7 Å². The number of anilines is 3. The molecule has 3 N–H and O–H groups in total. The second kappa shape index (κ2) is 6.85. The third kappa shape index (κ3) is 3.50. The van der Waals surface area contributed by atoms with E-state index in [1.165, 1.54) is 6.20 Å². The Labute approximate surface area is 151 Å². The van der Waals surface area contributed by atoms with Crippen molar-refractivity contribution >= 4 is 27.2 Å². The summed E-state index contributed by atoms with van der Waals surface area (Å²) in [5.41, 5.74) is 2.63. The van der Waals surface area contributed by atoms with Gasteiger partial charge in [-0.2, -0.15) is 10.4 Å². The molecule has 26 heavy (non-hydrogen) atoms. The van der Waals surface area contributed by atoms with Gasteiger partial charge in [0.05, 0.1) is 34.5 Å². The first-order valence-corrected chi connectivity index (χ1v) is 9.15. The third-order valence-corrected chi connectivity index (χ3v) is 5.28. The molecule has 0 amide bonds. The van der Waals surface area contributed by atoms with E-state index in [1.807, 2.05) is 6.07 Å². The number of rotatable bonds is 5. The zero-order valence-corrected chi connectivity index (χ0v) is 14.9. The Hall–Kier alpha value is -3.38. The number of para-hydroxylation sites is 1. The molecule has 9 heteroatoms. The molecular formula is C17H16N6O2S. The first-order chi connectivity index (χ1) is 12.4. The van der Waals surface area contributed by atoms with E-state index in [9.17, 15) is 8.42 Å². The van der Waals surface area contributed by atoms with Gasteiger partial charge < -0.3 is 5.32 Å². The van der Waals surface area contributed by atoms with Crippen LogP contribution in [0, 0.1) is 25.2 Å². The Bertz CT molecular complexity index is 1060. The lowest BCUT2D eigenvalue weighted by atomic mass is 10.2. The quantitative estimate of drug-likeness (QED) is 0.636. The first-order valence-electron chi connectivity index (χ1n) is 7.67. The van der Waals surface area contributed by atoms with E-state index < -0.39 is 10.0 Å². The van der Waals surface area contributed by atoms with Crippen molar-refractivity contribution in [3.63, 3.8) is 0 Å². The van der Waals surface area contributed by atoms with Gasteiger partial charge in [-0.25, -0.2) is 13.4 Å². The molecule has 2 heterocycles. The molecule has 0 fully saturated rings. The number of hydrogen-bond donors (Lipinski definition) is 3. The van der Waals surface area contributed by atoms with Gasteiger partial charge in [0.1, 0.15) is 16.8 Å². The maximum absolute atomic E-state index is 12.5. The Morgan fingerprint density at radius 2 is 1.92 bits per heavy atom. The number of nitrogens with one attached hydrogen (secondary N) is 3. The van der Waals surface area contributed by atoms with E-state index in [4.69, 9.17) is 5.26 Å². The number of hydrogen-bond acceptors (Lipinski definition) is 6. The van der Waals surface area contributed by atoms with Crippen LogP contribution in [-0.4, -0.2) is 23.6 Å². The van der Waals surface area contributed by atoms with Gasteiger partial charge in [-0.15, -0.1) is 0 Å². The van der Waals surface area contributed by atoms with Gasteiger partial charge in [0.15, 0.2) is 0 Å². The van der Waals surface area contributed by atoms with Crippen molar-refractivity contribution in [2.75, 3.05) is 10.0 Å². The Balaban J connectivity index is 1.79. The molecule has 132 valence electrons. The number of nitriles is 1. The van der Waals surface area contributed by atoms with Crippen LogP contribution in [0.4, 0.5) is 17.2 Å². The summed E-state index contributed by atoms with van der Waals surface area (Å²) in [7, 11) is -3.78. The predicted octanol–water partition coefficient (Wildman–Crippen LogP) is 2.84. The highest BCUT2D eigenvalue weighted by atomic mass is 32.2. The minimum atomic E-state index is -3.78. The Morgan fingerprint density at radius 3 is 2.54 bits per heavy atom. The van der Waals surface area contributed by atoms with Gasteiger partial charge in [-0.05, 0) is 38.1 Å². The molecule has 0 radical (unpaired) electrons. The second-order valence-electron chi connectivity index (χ2n) is 5.58. The summed E-state index contributed by atoms with van der Waals surface area (Å²) in [6.45, 7) is 3.26. The third-order valence-electron chi connectivity index (χ3n) is 3.66. The minimum absolute atomic E-state index is 0.115. The molecule has 0 atom stereocenters. The molecule has 0 saturated heterocycles. The maximum Gasteiger partial charge on any atom is 0.266 e. The molecule has 2 aromatic heterocycles. The average molecular weight is 368 g/mol. The normalized spacial score (nSPS) is 11.0. The SMILES string of the molecule is Cc1n[nH]c(C)c1S(=O)(=O)Nc1ccc(Nc2ccccc2C#N)cn1. The number of aryl methyl sites for hydroxylation is 2. The van der Waals surface area contributed by atoms with Crippen molar-refractivity contribution in [1.82, 2.24) is 15.2 Å². The van der Waals surface area contributed by atoms with Gasteiger partial charge >= 0.3 is 0 Å². The largest absolute Gasteiger partial charge is 0.353 e. The van der Waals surface area contributed by atoms with Crippen LogP contribution < -0.4 is 10.0 Å². The highest BCUT2D eigenvalue weighted by molar-refractivity contribution is 7.92. The van der Waals surface area contributed by atoms with Crippen molar-refractivity contribution in [1.29, 1.82) is 5.26 Å². The second-order valence-corrected chi connectivity index (χ2v) is 7.20. The Kier molecular flexibility index (Phi) is 4.60. The number of aromatic nitrogens is 3. The molecule has 0 unspecified atom stereocenters. The molecule has 1 aromatic carbocycles. The monoisotopic (exact) mass is 368 g/mol. The van der Waals surface area contributed by atoms with Crippen molar-refractivity contribution < 1.29 is 8.42 Å². The van der Waals surface area contributed by atoms with Gasteiger partial charge in [0.25, 0.3) is 10.0 Å². The number of benzene rings is 1. The molecule has 3 aromatic rings. The minimum Gasteiger partial charge on any atom is -0.353 e. The van der Waals surface area contributed by atoms with Crippen LogP contribution in [-0.2, 0) is 10.0 Å². The van der Waals surface area contributed by atoms with Crippen LogP contribution in [0.3, 0.4) is 0 Å². The summed E-state index contributed by atoms with van der Waals surface area (Å²) in [5.74, 6) is 0.184. The fraction of sp³-hybridized carbons (Fsp3) is 0.118. The molecule has 8 nitrogen and oxygen atoms in total. The summed E-state index contributed by atoms with van der Waals surface area (Å²) in [4.78, 5) is 4.23. The summed E-state index contributed by atoms with van der Waals surface area (Å²) in [5, 5.41) is 18.7. The van der Waals surface area contributed by atoms with Crippen molar-refractivity contribution in [2.24, 2.45) is 0 Å². The average Bonchev–Trinajstić information content (AvgIpc) is 2.96. The number of H-pyrrole nitrogens is 1. The van der Waals surface area contributed by atoms with E-state index >= 15 is 0 Å². The highest BCUT2D eigenvalue weighted by Gasteiger charge is 2.22. The zero-order chi connectivity index (χ0) is 18.7. The zero-order valence-electron chi connectivity index (χ0n) is 14.1. The lowest BCUT2D eigenvalue weighted by Crippen LogP contribution is -2.15. The van der Waals surface area contributed by atoms with E-state index in [2.05, 4.69) is 31.3 Å². The van der Waals surface area contributed by atoms with Crippen LogP contribution in [0.2, 0.25) is 0 Å². The lowest BCUT2D eigenvalue weighted by molar-refractivity contribution is 0.600. The standard InChI is InChI=1S/C17H16N6O2S/c1-11-17(12(2)22-21-11)26(24,25)23-16-8-7-14(10-19-16)20-15-6-4-3-5-13(15)9-18/h3-8,10,20H,1-2H3,(H,19,23)(H,21,22). The number of aromatic amines is 1. The highest BCUT2D eigenvalue weighted by Crippen LogP contribution is 2.23. The van der Waals surface area contributed by atoms with Crippen LogP contribution in [0.15, 0.2) is 47.5 Å². The number of nitrogens with zero attached hydrogens (tertiary/aromatic N) is 3. The number of pyridine rings is 1. The summed E-state index contributed by atoms with van der Waals surface area (Å²) >= 11 is 0. The Morgan fingerprint density at radius 1 is 1.15 bits per heavy atom. The molecule has 0 bridgehead atoms. The van der Waals surface area contributed by atoms with Gasteiger partial charge in [0, 0.05) is 0 Å². The lowest BCUT2D eigenvalue weighted by Gasteiger charge is -2.10. The molecule has 0 saturated carbocycles. The number of sulfonamides is 1. The van der Waals surface area contributed by atoms with E-state index in [0.29, 0.717) is 28.3 Å². The summed E-state index contributed by atoms with van der Waals surface area (Å²) in [6.07, 6.45) is 1.49. The first kappa shape index (κ1) is 17.4. The summed E-state index contributed by atoms with van der Waals surface area (Å²) in [6, 6.07) is 12.4. The maximum atomic E-state index is 12.5. The van der Waals surface area contributed by atoms with Crippen LogP contribution >= 0.6 is 0 Å². The van der Waals surface area contributed by atoms with Gasteiger partial charge in [-0.3, -0.25) is 9.82 Å². The fourth-order valence-electron chi connectivity index (χ4n) is 2.50. The topological polar surface area (TPSA) is 124 Å². The van der Waals surface area contributed by atoms with Crippen molar-refractivity contribution in [3.8, 4) is 6.07 Å². The predicted molar refractivity (Wildman–Crippen MR) is 97.5 cm³/mol. The summed E-state index contributed by atoms with van der Waals surface area (Å²) < 4.78 is 27.4. The molecule has 3 rings (SSSR count). The van der Waals surface area contributed by atoms with Gasteiger partial charge in [0.2, 0.25) is 0 Å². The fourth-order valence-corrected chi connectivity index (χ4v) is 3.88. The van der Waals surface area contributed by atoms with Crippen LogP contribution in [0.5, 0.6) is 0 Å². The van der Waals surface area contributed by atoms with Gasteiger partial charge in [-0.1, -0.05) is 12.1 Å². The smallest absolute Gasteiger partial charge is 0.266 e. The molecular weight excluding hydrogens is 352 g/mol. The molecule has 0 aliphatic carbocycles. The van der Waals surface area contributed by atoms with E-state index in [0.717, 1.165) is 0 Å². The van der Waals surface area contributed by atoms with Crippen LogP contribution in [0.1, 0.15) is 17.0 Å².